The number of carbonyl (C=O) groups excluding carboxylic acids is 1. The fraction of sp³-hybridized carbons (Fsp3) is 0.263. The van der Waals surface area contributed by atoms with Gasteiger partial charge in [-0.25, -0.2) is 9.59 Å². The summed E-state index contributed by atoms with van der Waals surface area (Å²) in [5, 5.41) is 9.21. The van der Waals surface area contributed by atoms with E-state index in [1.807, 2.05) is 32.9 Å². The Labute approximate surface area is 168 Å². The van der Waals surface area contributed by atoms with Gasteiger partial charge in [0.25, 0.3) is 0 Å². The third kappa shape index (κ3) is 5.32. The van der Waals surface area contributed by atoms with Crippen molar-refractivity contribution in [2.24, 2.45) is 0 Å². The van der Waals surface area contributed by atoms with Crippen LogP contribution in [0.2, 0.25) is 0 Å². The summed E-state index contributed by atoms with van der Waals surface area (Å²) in [4.78, 5) is 23.4. The summed E-state index contributed by atoms with van der Waals surface area (Å²) in [6.45, 7) is 5.79. The number of halogens is 2. The Bertz CT molecular complexity index is 840. The lowest BCUT2D eigenvalue weighted by molar-refractivity contribution is -0.136. The van der Waals surface area contributed by atoms with Gasteiger partial charge in [0, 0.05) is 14.5 Å². The number of hydrogen-bond donors (Lipinski definition) is 1. The van der Waals surface area contributed by atoms with Gasteiger partial charge in [0.2, 0.25) is 0 Å². The van der Waals surface area contributed by atoms with Crippen molar-refractivity contribution in [1.29, 1.82) is 0 Å². The van der Waals surface area contributed by atoms with Crippen LogP contribution in [-0.2, 0) is 10.2 Å². The molecule has 0 saturated heterocycles. The summed E-state index contributed by atoms with van der Waals surface area (Å²) in [6.07, 6.45) is 0. The third-order valence-electron chi connectivity index (χ3n) is 3.49. The number of carbonyl (C=O) groups is 2. The second kappa shape index (κ2) is 8.22. The van der Waals surface area contributed by atoms with Crippen molar-refractivity contribution in [2.45, 2.75) is 26.2 Å². The molecule has 0 bridgehead atoms. The van der Waals surface area contributed by atoms with Crippen molar-refractivity contribution in [2.75, 3.05) is 6.61 Å². The number of esters is 1. The molecule has 0 aliphatic heterocycles. The lowest BCUT2D eigenvalue weighted by Crippen LogP contribution is -2.21. The quantitative estimate of drug-likeness (QED) is 0.466. The minimum Gasteiger partial charge on any atom is -0.482 e. The summed E-state index contributed by atoms with van der Waals surface area (Å²) in [5.41, 5.74) is 0.659. The van der Waals surface area contributed by atoms with Crippen LogP contribution in [0.5, 0.6) is 11.5 Å². The van der Waals surface area contributed by atoms with E-state index in [2.05, 4.69) is 31.9 Å². The molecule has 0 heterocycles. The number of carboxylic acid groups (broad SMARTS) is 1. The average molecular weight is 486 g/mol. The molecule has 5 nitrogen and oxygen atoms in total. The zero-order chi connectivity index (χ0) is 19.5. The molecular weight excluding hydrogens is 468 g/mol. The van der Waals surface area contributed by atoms with Crippen molar-refractivity contribution in [3.8, 4) is 11.5 Å². The zero-order valence-electron chi connectivity index (χ0n) is 14.5. The molecule has 0 aromatic heterocycles. The first kappa shape index (κ1) is 20.5. The van der Waals surface area contributed by atoms with E-state index in [1.165, 1.54) is 12.1 Å². The second-order valence-electron chi connectivity index (χ2n) is 6.60. The normalized spacial score (nSPS) is 11.1. The molecular formula is C19H18Br2O5. The highest BCUT2D eigenvalue weighted by Gasteiger charge is 2.21. The summed E-state index contributed by atoms with van der Waals surface area (Å²) < 4.78 is 12.3. The van der Waals surface area contributed by atoms with Gasteiger partial charge in [-0.2, -0.15) is 0 Å². The van der Waals surface area contributed by atoms with Crippen molar-refractivity contribution >= 4 is 43.8 Å². The first-order valence-electron chi connectivity index (χ1n) is 7.74. The smallest absolute Gasteiger partial charge is 0.349 e. The highest BCUT2D eigenvalue weighted by Crippen LogP contribution is 2.33. The number of aromatic carboxylic acids is 1. The molecule has 0 atom stereocenters. The van der Waals surface area contributed by atoms with E-state index in [4.69, 9.17) is 9.47 Å². The number of ether oxygens (including phenoxy) is 2. The van der Waals surface area contributed by atoms with Gasteiger partial charge in [0.1, 0.15) is 17.1 Å². The summed E-state index contributed by atoms with van der Waals surface area (Å²) in [5.74, 6) is -1.32. The zero-order valence-corrected chi connectivity index (χ0v) is 17.7. The van der Waals surface area contributed by atoms with E-state index >= 15 is 0 Å². The van der Waals surface area contributed by atoms with Gasteiger partial charge < -0.3 is 14.6 Å². The molecule has 26 heavy (non-hydrogen) atoms. The van der Waals surface area contributed by atoms with Crippen LogP contribution in [0.15, 0.2) is 45.3 Å². The van der Waals surface area contributed by atoms with Crippen LogP contribution in [-0.4, -0.2) is 23.7 Å². The van der Waals surface area contributed by atoms with E-state index in [9.17, 15) is 14.7 Å². The van der Waals surface area contributed by atoms with Gasteiger partial charge in [-0.15, -0.1) is 0 Å². The van der Waals surface area contributed by atoms with Gasteiger partial charge in [-0.1, -0.05) is 52.6 Å². The standard InChI is InChI=1S/C19H18Br2O5/c1-19(2,3)14-9-12(21)5-7-16(14)25-10-17(22)26-15-6-4-11(20)8-13(15)18(23)24/h4-9H,10H2,1-3H3,(H,23,24). The molecule has 0 fully saturated rings. The molecule has 2 rings (SSSR count). The average Bonchev–Trinajstić information content (AvgIpc) is 2.54. The lowest BCUT2D eigenvalue weighted by Gasteiger charge is -2.23. The van der Waals surface area contributed by atoms with E-state index in [-0.39, 0.29) is 23.3 Å². The Morgan fingerprint density at radius 2 is 1.58 bits per heavy atom. The van der Waals surface area contributed by atoms with Crippen LogP contribution in [0.25, 0.3) is 0 Å². The third-order valence-corrected chi connectivity index (χ3v) is 4.48. The molecule has 0 saturated carbocycles. The van der Waals surface area contributed by atoms with Gasteiger partial charge in [0.15, 0.2) is 6.61 Å². The van der Waals surface area contributed by atoms with Crippen LogP contribution in [0, 0.1) is 0 Å². The van der Waals surface area contributed by atoms with Crippen LogP contribution >= 0.6 is 31.9 Å². The van der Waals surface area contributed by atoms with E-state index in [0.717, 1.165) is 10.0 Å². The van der Waals surface area contributed by atoms with Crippen molar-refractivity contribution in [1.82, 2.24) is 0 Å². The predicted molar refractivity (Wildman–Crippen MR) is 105 cm³/mol. The minimum atomic E-state index is -1.18. The molecule has 0 amide bonds. The largest absolute Gasteiger partial charge is 0.482 e. The highest BCUT2D eigenvalue weighted by atomic mass is 79.9. The summed E-state index contributed by atoms with van der Waals surface area (Å²) >= 11 is 6.63. The first-order valence-corrected chi connectivity index (χ1v) is 9.33. The molecule has 0 radical (unpaired) electrons. The van der Waals surface area contributed by atoms with Crippen LogP contribution < -0.4 is 9.47 Å². The van der Waals surface area contributed by atoms with Crippen molar-refractivity contribution in [3.63, 3.8) is 0 Å². The number of benzene rings is 2. The predicted octanol–water partition coefficient (Wildman–Crippen LogP) is 5.19. The molecule has 2 aromatic carbocycles. The Kier molecular flexibility index (Phi) is 6.47. The van der Waals surface area contributed by atoms with E-state index in [1.54, 1.807) is 12.1 Å². The van der Waals surface area contributed by atoms with Gasteiger partial charge in [-0.05, 0) is 41.8 Å². The molecule has 0 aliphatic rings. The number of carboxylic acids is 1. The molecule has 2 aromatic rings. The molecule has 1 N–H and O–H groups in total. The Morgan fingerprint density at radius 3 is 2.15 bits per heavy atom. The van der Waals surface area contributed by atoms with Gasteiger partial charge in [0.05, 0.1) is 0 Å². The van der Waals surface area contributed by atoms with Crippen molar-refractivity contribution < 1.29 is 24.2 Å². The fourth-order valence-corrected chi connectivity index (χ4v) is 2.98. The second-order valence-corrected chi connectivity index (χ2v) is 8.43. The Morgan fingerprint density at radius 1 is 1.00 bits per heavy atom. The van der Waals surface area contributed by atoms with Gasteiger partial charge >= 0.3 is 11.9 Å². The van der Waals surface area contributed by atoms with E-state index in [0.29, 0.717) is 10.2 Å². The summed E-state index contributed by atoms with van der Waals surface area (Å²) in [6, 6.07) is 9.94. The maximum absolute atomic E-state index is 12.1. The van der Waals surface area contributed by atoms with Crippen LogP contribution in [0.4, 0.5) is 0 Å². The molecule has 0 unspecified atom stereocenters. The van der Waals surface area contributed by atoms with E-state index < -0.39 is 11.9 Å². The number of rotatable bonds is 5. The maximum Gasteiger partial charge on any atom is 0.349 e. The molecule has 138 valence electrons. The van der Waals surface area contributed by atoms with Crippen LogP contribution in [0.1, 0.15) is 36.7 Å². The maximum atomic E-state index is 12.1. The lowest BCUT2D eigenvalue weighted by atomic mass is 9.86. The SMILES string of the molecule is CC(C)(C)c1cc(Br)ccc1OCC(=O)Oc1ccc(Br)cc1C(=O)O. The summed E-state index contributed by atoms with van der Waals surface area (Å²) in [7, 11) is 0. The first-order chi connectivity index (χ1) is 12.1. The van der Waals surface area contributed by atoms with Crippen LogP contribution in [0.3, 0.4) is 0 Å². The molecule has 7 heteroatoms. The van der Waals surface area contributed by atoms with Gasteiger partial charge in [-0.3, -0.25) is 0 Å². The number of hydrogen-bond acceptors (Lipinski definition) is 4. The minimum absolute atomic E-state index is 0.0267. The van der Waals surface area contributed by atoms with Crippen molar-refractivity contribution in [3.05, 3.63) is 56.5 Å². The molecule has 0 spiro atoms. The topological polar surface area (TPSA) is 72.8 Å². The Hall–Kier alpha value is -1.86. The highest BCUT2D eigenvalue weighted by molar-refractivity contribution is 9.10. The monoisotopic (exact) mass is 484 g/mol. The Balaban J connectivity index is 2.13. The fourth-order valence-electron chi connectivity index (χ4n) is 2.26. The molecule has 0 aliphatic carbocycles.